The molecule has 12 aromatic rings. The zero-order valence-corrected chi connectivity index (χ0v) is 60.6. The lowest BCUT2D eigenvalue weighted by molar-refractivity contribution is 0.103. The van der Waals surface area contributed by atoms with Gasteiger partial charge in [0.25, 0.3) is 0 Å². The Labute approximate surface area is 588 Å². The first kappa shape index (κ1) is 71.4. The smallest absolute Gasteiger partial charge is 0.207 e. The molecule has 13 heteroatoms. The first-order chi connectivity index (χ1) is 47.0. The maximum Gasteiger partial charge on any atom is 0.207 e. The lowest BCUT2D eigenvalue weighted by Crippen LogP contribution is -2.06. The van der Waals surface area contributed by atoms with Crippen LogP contribution in [0.25, 0.3) is 30.3 Å². The summed E-state index contributed by atoms with van der Waals surface area (Å²) in [6, 6.07) is 51.6. The zero-order chi connectivity index (χ0) is 70.1. The van der Waals surface area contributed by atoms with E-state index in [-0.39, 0.29) is 34.6 Å². The van der Waals surface area contributed by atoms with E-state index in [0.29, 0.717) is 78.3 Å². The molecule has 0 bridgehead atoms. The van der Waals surface area contributed by atoms with Crippen LogP contribution in [0.2, 0.25) is 0 Å². The lowest BCUT2D eigenvalue weighted by Gasteiger charge is -2.12. The molecule has 9 aromatic carbocycles. The molecule has 5 N–H and O–H groups in total. The first-order valence-electron chi connectivity index (χ1n) is 33.6. The van der Waals surface area contributed by atoms with E-state index in [1.165, 1.54) is 77.2 Å². The summed E-state index contributed by atoms with van der Waals surface area (Å²) < 4.78 is 21.4. The van der Waals surface area contributed by atoms with Crippen LogP contribution in [0.4, 0.5) is 0 Å². The molecule has 0 saturated heterocycles. The normalized spacial score (nSPS) is 11.2. The van der Waals surface area contributed by atoms with Crippen LogP contribution in [0.1, 0.15) is 165 Å². The van der Waals surface area contributed by atoms with Gasteiger partial charge in [-0.15, -0.1) is 34.0 Å². The summed E-state index contributed by atoms with van der Waals surface area (Å²) in [4.78, 5) is 42.8. The monoisotopic (exact) mass is 1360 g/mol. The molecule has 12 rings (SSSR count). The second kappa shape index (κ2) is 31.9. The van der Waals surface area contributed by atoms with Crippen molar-refractivity contribution in [3.63, 3.8) is 0 Å². The molecule has 0 spiro atoms. The fraction of sp³-hybridized carbons (Fsp3) is 0.259. The molecular formula is C85H87NO9S3. The fourth-order valence-electron chi connectivity index (χ4n) is 12.9. The minimum absolute atomic E-state index is 0.0446. The van der Waals surface area contributed by atoms with E-state index >= 15 is 0 Å². The van der Waals surface area contributed by atoms with Gasteiger partial charge in [0.05, 0.1) is 0 Å². The highest BCUT2D eigenvalue weighted by molar-refractivity contribution is 7.22. The number of fused-ring (bicyclic) bond motifs is 3. The van der Waals surface area contributed by atoms with Crippen molar-refractivity contribution in [1.82, 2.24) is 0 Å². The van der Waals surface area contributed by atoms with Crippen molar-refractivity contribution in [2.45, 2.75) is 134 Å². The van der Waals surface area contributed by atoms with Gasteiger partial charge in [-0.05, 0) is 248 Å². The quantitative estimate of drug-likeness (QED) is 0.0379. The molecule has 0 amide bonds. The highest BCUT2D eigenvalue weighted by atomic mass is 32.1. The topological polar surface area (TPSA) is 166 Å². The van der Waals surface area contributed by atoms with Crippen LogP contribution in [0.15, 0.2) is 164 Å². The number of thiophene rings is 3. The van der Waals surface area contributed by atoms with Crippen LogP contribution >= 0.6 is 34.0 Å². The Morgan fingerprint density at radius 1 is 0.388 bits per heavy atom. The van der Waals surface area contributed by atoms with E-state index in [0.717, 1.165) is 105 Å². The number of phenols is 3. The number of carbonyl (C=O) groups excluding carboxylic acids is 3. The molecule has 0 unspecified atom stereocenters. The number of aryl methyl sites for hydroxylation is 11. The number of unbranched alkanes of at least 4 members (excludes halogenated alkanes) is 2. The van der Waals surface area contributed by atoms with Gasteiger partial charge in [-0.2, -0.15) is 0 Å². The Kier molecular flexibility index (Phi) is 23.2. The second-order valence-corrected chi connectivity index (χ2v) is 29.3. The number of nitrogens with two attached hydrogens (primary N) is 1. The van der Waals surface area contributed by atoms with Gasteiger partial charge in [0, 0.05) is 46.9 Å². The van der Waals surface area contributed by atoms with Crippen LogP contribution in [0.5, 0.6) is 51.7 Å². The molecule has 0 atom stereocenters. The Morgan fingerprint density at radius 2 is 0.673 bits per heavy atom. The van der Waals surface area contributed by atoms with Crippen LogP contribution in [0, 0.1) is 68.2 Å². The van der Waals surface area contributed by atoms with Crippen molar-refractivity contribution < 1.29 is 43.9 Å². The molecule has 10 nitrogen and oxygen atoms in total. The number of hydrogen-bond acceptors (Lipinski definition) is 13. The largest absolute Gasteiger partial charge is 0.508 e. The number of hydrogen-bond donors (Lipinski definition) is 4. The Balaban J connectivity index is 0.000000159. The number of benzene rings is 9. The summed E-state index contributed by atoms with van der Waals surface area (Å²) in [6.07, 6.45) is 8.92. The van der Waals surface area contributed by atoms with Gasteiger partial charge in [-0.25, -0.2) is 0 Å². The third-order valence-corrected chi connectivity index (χ3v) is 20.8. The Morgan fingerprint density at radius 3 is 0.949 bits per heavy atom. The molecule has 0 aliphatic carbocycles. The van der Waals surface area contributed by atoms with Gasteiger partial charge in [-0.3, -0.25) is 14.4 Å². The molecule has 98 heavy (non-hydrogen) atoms. The molecule has 3 heterocycles. The summed E-state index contributed by atoms with van der Waals surface area (Å²) in [7, 11) is 0. The minimum atomic E-state index is -0.0644. The predicted octanol–water partition coefficient (Wildman–Crippen LogP) is 22.9. The molecular weight excluding hydrogens is 1280 g/mol. The Bertz CT molecular complexity index is 4810. The van der Waals surface area contributed by atoms with Crippen molar-refractivity contribution in [2.75, 3.05) is 6.54 Å². The number of phenolic OH excluding ortho intramolecular Hbond substituents is 3. The number of ketones is 3. The molecule has 0 radical (unpaired) electrons. The van der Waals surface area contributed by atoms with Gasteiger partial charge in [0.15, 0.2) is 17.2 Å². The lowest BCUT2D eigenvalue weighted by atomic mass is 9.95. The highest BCUT2D eigenvalue weighted by Crippen LogP contribution is 2.47. The van der Waals surface area contributed by atoms with E-state index in [1.54, 1.807) is 42.5 Å². The van der Waals surface area contributed by atoms with E-state index in [1.807, 2.05) is 159 Å². The standard InChI is InChI=1S/C30H32O3S.C29H30O3S.C26H25NO3S/c1-18(2)7-6-8-22-9-12-24(13-10-22)33-29-25-14-11-23(31)17-26(25)34-30(29)28(32)27-20(4)15-19(3)16-21(27)5;1-5-6-7-8-21-9-12-23(13-10-21)32-28-24-14-11-22(30)17-25(24)33-29(28)27(31)26-19(3)15-18(2)16-20(26)4;1-15-12-16(2)23(17(3)13-15)24(29)26-25(21-9-6-19(28)14-22(21)31-26)30-20-7-4-18(5-8-20)10-11-27/h9-18,31H,6-8H2,1-5H3;9-17,30H,5-8H2,1-4H3;4-9,12-14,28H,10-11,27H2,1-3H3. The summed E-state index contributed by atoms with van der Waals surface area (Å²) in [5.41, 5.74) is 20.6. The van der Waals surface area contributed by atoms with Crippen LogP contribution in [0.3, 0.4) is 0 Å². The van der Waals surface area contributed by atoms with Crippen LogP contribution in [-0.2, 0) is 19.3 Å². The fourth-order valence-corrected chi connectivity index (χ4v) is 16.2. The maximum absolute atomic E-state index is 13.8. The molecule has 504 valence electrons. The SMILES string of the molecule is CCCCCc1ccc(Oc2c(C(=O)c3c(C)cc(C)cc3C)sc3cc(O)ccc23)cc1.Cc1cc(C)c(C(=O)c2sc3cc(O)ccc3c2Oc2ccc(CCCC(C)C)cc2)c(C)c1.Cc1cc(C)c(C(=O)c2sc3cc(O)ccc3c2Oc2ccc(CCN)cc2)c(C)c1. The Hall–Kier alpha value is -9.37. The maximum atomic E-state index is 13.8. The van der Waals surface area contributed by atoms with E-state index in [9.17, 15) is 29.7 Å². The number of rotatable bonds is 22. The van der Waals surface area contributed by atoms with Gasteiger partial charge < -0.3 is 35.3 Å². The van der Waals surface area contributed by atoms with Gasteiger partial charge >= 0.3 is 0 Å². The van der Waals surface area contributed by atoms with Crippen molar-refractivity contribution in [2.24, 2.45) is 11.7 Å². The molecule has 0 aliphatic rings. The van der Waals surface area contributed by atoms with E-state index in [4.69, 9.17) is 19.9 Å². The van der Waals surface area contributed by atoms with Crippen molar-refractivity contribution >= 4 is 81.6 Å². The summed E-state index contributed by atoms with van der Waals surface area (Å²) in [5.74, 6) is 4.75. The third kappa shape index (κ3) is 16.9. The van der Waals surface area contributed by atoms with E-state index in [2.05, 4.69) is 45.0 Å². The number of ether oxygens (including phenoxy) is 3. The summed E-state index contributed by atoms with van der Waals surface area (Å²) >= 11 is 4.07. The first-order valence-corrected chi connectivity index (χ1v) is 36.1. The average molecular weight is 1360 g/mol. The number of carbonyl (C=O) groups is 3. The van der Waals surface area contributed by atoms with Gasteiger partial charge in [0.2, 0.25) is 17.3 Å². The van der Waals surface area contributed by atoms with Gasteiger partial charge in [-0.1, -0.05) is 130 Å². The van der Waals surface area contributed by atoms with Gasteiger partial charge in [0.1, 0.15) is 49.1 Å². The average Bonchev–Trinajstić information content (AvgIpc) is 1.63. The highest BCUT2D eigenvalue weighted by Gasteiger charge is 2.28. The second-order valence-electron chi connectivity index (χ2n) is 26.2. The molecule has 3 aromatic heterocycles. The molecule has 0 aliphatic heterocycles. The number of aromatic hydroxyl groups is 3. The molecule has 0 fully saturated rings. The molecule has 0 saturated carbocycles. The predicted molar refractivity (Wildman–Crippen MR) is 406 cm³/mol. The third-order valence-electron chi connectivity index (χ3n) is 17.4. The van der Waals surface area contributed by atoms with E-state index < -0.39 is 0 Å². The summed E-state index contributed by atoms with van der Waals surface area (Å²) in [5, 5.41) is 32.4. The van der Waals surface area contributed by atoms with Crippen molar-refractivity contribution in [1.29, 1.82) is 0 Å². The van der Waals surface area contributed by atoms with Crippen molar-refractivity contribution in [3.8, 4) is 51.7 Å². The van der Waals surface area contributed by atoms with Crippen LogP contribution < -0.4 is 19.9 Å². The van der Waals surface area contributed by atoms with Crippen molar-refractivity contribution in [3.05, 3.63) is 262 Å². The zero-order valence-electron chi connectivity index (χ0n) is 58.1. The van der Waals surface area contributed by atoms with Crippen LogP contribution in [-0.4, -0.2) is 39.2 Å². The minimum Gasteiger partial charge on any atom is -0.508 e. The summed E-state index contributed by atoms with van der Waals surface area (Å²) in [6.45, 7) is 25.2.